The molecule has 23 heavy (non-hydrogen) atoms. The van der Waals surface area contributed by atoms with Gasteiger partial charge in [0, 0.05) is 44.6 Å². The zero-order valence-corrected chi connectivity index (χ0v) is 14.2. The molecule has 0 aromatic carbocycles. The van der Waals surface area contributed by atoms with Crippen molar-refractivity contribution < 1.29 is 4.74 Å². The van der Waals surface area contributed by atoms with Crippen molar-refractivity contribution in [3.05, 3.63) is 18.0 Å². The van der Waals surface area contributed by atoms with Crippen LogP contribution < -0.4 is 4.90 Å². The van der Waals surface area contributed by atoms with Gasteiger partial charge in [-0.05, 0) is 43.1 Å². The normalized spacial score (nSPS) is 25.5. The fraction of sp³-hybridized carbons (Fsp3) is 0.778. The second-order valence-electron chi connectivity index (χ2n) is 7.44. The summed E-state index contributed by atoms with van der Waals surface area (Å²) >= 11 is 0. The first kappa shape index (κ1) is 15.3. The van der Waals surface area contributed by atoms with Gasteiger partial charge in [-0.15, -0.1) is 0 Å². The highest BCUT2D eigenvalue weighted by Gasteiger charge is 2.48. The van der Waals surface area contributed by atoms with Crippen LogP contribution in [0.2, 0.25) is 0 Å². The third-order valence-corrected chi connectivity index (χ3v) is 6.11. The van der Waals surface area contributed by atoms with E-state index in [9.17, 15) is 0 Å². The van der Waals surface area contributed by atoms with Gasteiger partial charge in [-0.25, -0.2) is 9.97 Å². The minimum atomic E-state index is 0.600. The van der Waals surface area contributed by atoms with E-state index in [4.69, 9.17) is 4.74 Å². The molecule has 2 saturated heterocycles. The minimum absolute atomic E-state index is 0.600. The predicted molar refractivity (Wildman–Crippen MR) is 90.7 cm³/mol. The van der Waals surface area contributed by atoms with Crippen LogP contribution in [0.15, 0.2) is 12.4 Å². The van der Waals surface area contributed by atoms with E-state index in [2.05, 4.69) is 26.7 Å². The van der Waals surface area contributed by atoms with E-state index < -0.39 is 0 Å². The molecular weight excluding hydrogens is 288 g/mol. The first-order valence-electron chi connectivity index (χ1n) is 9.16. The van der Waals surface area contributed by atoms with Gasteiger partial charge in [-0.2, -0.15) is 0 Å². The summed E-state index contributed by atoms with van der Waals surface area (Å²) in [5.41, 5.74) is 1.82. The van der Waals surface area contributed by atoms with E-state index in [1.54, 1.807) is 0 Å². The quantitative estimate of drug-likeness (QED) is 0.854. The highest BCUT2D eigenvalue weighted by atomic mass is 16.5. The molecule has 1 aromatic rings. The number of piperidine rings is 1. The van der Waals surface area contributed by atoms with Crippen LogP contribution in [0.25, 0.3) is 0 Å². The average Bonchev–Trinajstić information content (AvgIpc) is 2.61. The topological polar surface area (TPSA) is 41.5 Å². The molecule has 0 bridgehead atoms. The second-order valence-corrected chi connectivity index (χ2v) is 7.44. The van der Waals surface area contributed by atoms with Gasteiger partial charge in [0.15, 0.2) is 0 Å². The molecule has 3 aliphatic rings. The Bertz CT molecular complexity index is 510. The molecule has 126 valence electrons. The van der Waals surface area contributed by atoms with Crippen molar-refractivity contribution in [2.45, 2.75) is 45.1 Å². The molecule has 5 nitrogen and oxygen atoms in total. The van der Waals surface area contributed by atoms with E-state index in [1.807, 2.05) is 12.4 Å². The Morgan fingerprint density at radius 3 is 2.35 bits per heavy atom. The average molecular weight is 316 g/mol. The van der Waals surface area contributed by atoms with Gasteiger partial charge in [0.1, 0.15) is 0 Å². The fourth-order valence-corrected chi connectivity index (χ4v) is 4.42. The highest BCUT2D eigenvalue weighted by Crippen LogP contribution is 2.51. The lowest BCUT2D eigenvalue weighted by Crippen LogP contribution is -2.57. The van der Waals surface area contributed by atoms with Crippen LogP contribution >= 0.6 is 0 Å². The predicted octanol–water partition coefficient (Wildman–Crippen LogP) is 2.12. The van der Waals surface area contributed by atoms with Crippen LogP contribution in [0.5, 0.6) is 0 Å². The van der Waals surface area contributed by atoms with Gasteiger partial charge in [-0.1, -0.05) is 6.92 Å². The Labute approximate surface area is 139 Å². The minimum Gasteiger partial charge on any atom is -0.379 e. The number of aromatic nitrogens is 2. The summed E-state index contributed by atoms with van der Waals surface area (Å²) in [6, 6.07) is 0.811. The van der Waals surface area contributed by atoms with Crippen molar-refractivity contribution in [1.29, 1.82) is 0 Å². The van der Waals surface area contributed by atoms with Crippen LogP contribution in [0.1, 0.15) is 38.2 Å². The van der Waals surface area contributed by atoms with Crippen LogP contribution in [0.3, 0.4) is 0 Å². The summed E-state index contributed by atoms with van der Waals surface area (Å²) in [4.78, 5) is 14.1. The lowest BCUT2D eigenvalue weighted by molar-refractivity contribution is -0.0593. The molecule has 0 unspecified atom stereocenters. The summed E-state index contributed by atoms with van der Waals surface area (Å²) in [7, 11) is 0. The molecule has 1 spiro atoms. The molecule has 1 saturated carbocycles. The summed E-state index contributed by atoms with van der Waals surface area (Å²) in [5.74, 6) is 0.918. The Balaban J connectivity index is 1.29. The summed E-state index contributed by atoms with van der Waals surface area (Å²) < 4.78 is 5.47. The van der Waals surface area contributed by atoms with Crippen molar-refractivity contribution in [2.75, 3.05) is 44.3 Å². The fourth-order valence-electron chi connectivity index (χ4n) is 4.42. The number of hydrogen-bond donors (Lipinski definition) is 0. The number of rotatable bonds is 3. The van der Waals surface area contributed by atoms with Gasteiger partial charge in [0.25, 0.3) is 0 Å². The smallest absolute Gasteiger partial charge is 0.225 e. The number of ether oxygens (including phenoxy) is 1. The maximum Gasteiger partial charge on any atom is 0.225 e. The third kappa shape index (κ3) is 3.09. The Hall–Kier alpha value is -1.20. The molecule has 0 N–H and O–H groups in total. The number of hydrogen-bond acceptors (Lipinski definition) is 5. The largest absolute Gasteiger partial charge is 0.379 e. The van der Waals surface area contributed by atoms with Crippen LogP contribution in [-0.2, 0) is 11.2 Å². The van der Waals surface area contributed by atoms with E-state index >= 15 is 0 Å². The molecular formula is C18H28N4O. The molecule has 3 fully saturated rings. The lowest BCUT2D eigenvalue weighted by atomic mass is 9.60. The van der Waals surface area contributed by atoms with E-state index in [0.717, 1.165) is 57.8 Å². The molecule has 5 heteroatoms. The van der Waals surface area contributed by atoms with E-state index in [-0.39, 0.29) is 0 Å². The summed E-state index contributed by atoms with van der Waals surface area (Å²) in [6.07, 6.45) is 10.3. The molecule has 0 radical (unpaired) electrons. The van der Waals surface area contributed by atoms with Crippen molar-refractivity contribution >= 4 is 5.95 Å². The van der Waals surface area contributed by atoms with Crippen LogP contribution in [0, 0.1) is 5.41 Å². The Morgan fingerprint density at radius 2 is 1.74 bits per heavy atom. The van der Waals surface area contributed by atoms with E-state index in [1.165, 1.54) is 31.2 Å². The van der Waals surface area contributed by atoms with E-state index in [0.29, 0.717) is 5.41 Å². The van der Waals surface area contributed by atoms with Crippen molar-refractivity contribution in [3.63, 3.8) is 0 Å². The number of aryl methyl sites for hydroxylation is 1. The van der Waals surface area contributed by atoms with Gasteiger partial charge in [0.2, 0.25) is 5.95 Å². The number of morpholine rings is 1. The monoisotopic (exact) mass is 316 g/mol. The van der Waals surface area contributed by atoms with Crippen LogP contribution in [0.4, 0.5) is 5.95 Å². The summed E-state index contributed by atoms with van der Waals surface area (Å²) in [6.45, 7) is 8.47. The van der Waals surface area contributed by atoms with Crippen molar-refractivity contribution in [1.82, 2.24) is 14.9 Å². The highest BCUT2D eigenvalue weighted by molar-refractivity contribution is 5.31. The SMILES string of the molecule is CCc1cnc(N2CCC3(CC2)CC(N2CCOCC2)C3)nc1. The lowest BCUT2D eigenvalue weighted by Gasteiger charge is -2.55. The first-order chi connectivity index (χ1) is 11.3. The molecule has 1 aromatic heterocycles. The number of nitrogens with zero attached hydrogens (tertiary/aromatic N) is 4. The Morgan fingerprint density at radius 1 is 1.09 bits per heavy atom. The van der Waals surface area contributed by atoms with Crippen LogP contribution in [-0.4, -0.2) is 60.3 Å². The zero-order valence-electron chi connectivity index (χ0n) is 14.2. The molecule has 2 aliphatic heterocycles. The maximum absolute atomic E-state index is 5.47. The first-order valence-corrected chi connectivity index (χ1v) is 9.16. The number of anilines is 1. The van der Waals surface area contributed by atoms with Gasteiger partial charge in [-0.3, -0.25) is 4.90 Å². The molecule has 4 rings (SSSR count). The van der Waals surface area contributed by atoms with Crippen molar-refractivity contribution in [3.8, 4) is 0 Å². The Kier molecular flexibility index (Phi) is 4.24. The molecule has 0 atom stereocenters. The zero-order chi connectivity index (χ0) is 15.7. The molecule has 3 heterocycles. The van der Waals surface area contributed by atoms with Crippen molar-refractivity contribution in [2.24, 2.45) is 5.41 Å². The molecule has 1 aliphatic carbocycles. The van der Waals surface area contributed by atoms with Gasteiger partial charge in [0.05, 0.1) is 13.2 Å². The van der Waals surface area contributed by atoms with Gasteiger partial charge < -0.3 is 9.64 Å². The second kappa shape index (κ2) is 6.36. The van der Waals surface area contributed by atoms with Gasteiger partial charge >= 0.3 is 0 Å². The maximum atomic E-state index is 5.47. The third-order valence-electron chi connectivity index (χ3n) is 6.11. The standard InChI is InChI=1S/C18H28N4O/c1-2-15-13-19-17(20-14-15)22-5-3-18(4-6-22)11-16(12-18)21-7-9-23-10-8-21/h13-14,16H,2-12H2,1H3. The molecule has 0 amide bonds. The summed E-state index contributed by atoms with van der Waals surface area (Å²) in [5, 5.41) is 0.